The van der Waals surface area contributed by atoms with Gasteiger partial charge in [0.15, 0.2) is 0 Å². The maximum atomic E-state index is 12.3. The summed E-state index contributed by atoms with van der Waals surface area (Å²) < 4.78 is 40.9. The van der Waals surface area contributed by atoms with Crippen LogP contribution < -0.4 is 15.0 Å². The van der Waals surface area contributed by atoms with E-state index in [4.69, 9.17) is 9.97 Å². The Hall–Kier alpha value is -3.33. The molecule has 0 aliphatic carbocycles. The summed E-state index contributed by atoms with van der Waals surface area (Å²) in [4.78, 5) is 14.0. The van der Waals surface area contributed by atoms with E-state index in [1.165, 1.54) is 29.0 Å². The van der Waals surface area contributed by atoms with E-state index in [-0.39, 0.29) is 5.75 Å². The number of benzene rings is 2. The molecule has 3 heterocycles. The fourth-order valence-corrected chi connectivity index (χ4v) is 4.91. The van der Waals surface area contributed by atoms with E-state index in [2.05, 4.69) is 40.1 Å². The number of fused-ring (bicyclic) bond motifs is 1. The second-order valence-corrected chi connectivity index (χ2v) is 9.82. The molecule has 0 spiro atoms. The predicted octanol–water partition coefficient (Wildman–Crippen LogP) is 6.82. The van der Waals surface area contributed by atoms with Crippen molar-refractivity contribution in [2.45, 2.75) is 32.5 Å². The molecule has 0 bridgehead atoms. The van der Waals surface area contributed by atoms with Crippen LogP contribution in [-0.4, -0.2) is 36.0 Å². The number of aryl methyl sites for hydroxylation is 2. The van der Waals surface area contributed by atoms with Crippen LogP contribution in [0.4, 0.5) is 24.9 Å². The van der Waals surface area contributed by atoms with Gasteiger partial charge in [0, 0.05) is 24.5 Å². The van der Waals surface area contributed by atoms with Crippen LogP contribution in [0.15, 0.2) is 54.6 Å². The Balaban J connectivity index is 1.17. The number of hydrogen-bond acceptors (Lipinski definition) is 6. The van der Waals surface area contributed by atoms with Gasteiger partial charge in [-0.3, -0.25) is 0 Å². The van der Waals surface area contributed by atoms with Gasteiger partial charge < -0.3 is 15.0 Å². The molecule has 1 N–H and O–H groups in total. The SMILES string of the molecule is Cc1cc2c(NCCCc3ccc(-c4ccc(OC(F)(F)F)cc4)cc3)nc(N3CCC3)nc2s1. The van der Waals surface area contributed by atoms with E-state index in [1.807, 2.05) is 12.1 Å². The number of alkyl halides is 3. The number of aromatic nitrogens is 2. The zero-order valence-electron chi connectivity index (χ0n) is 19.2. The summed E-state index contributed by atoms with van der Waals surface area (Å²) in [5.41, 5.74) is 2.98. The van der Waals surface area contributed by atoms with Crippen LogP contribution in [0.5, 0.6) is 5.75 Å². The highest BCUT2D eigenvalue weighted by atomic mass is 32.1. The molecule has 2 aromatic heterocycles. The molecule has 5 nitrogen and oxygen atoms in total. The minimum absolute atomic E-state index is 0.221. The normalized spacial score (nSPS) is 13.7. The van der Waals surface area contributed by atoms with Crippen LogP contribution in [0.1, 0.15) is 23.3 Å². The van der Waals surface area contributed by atoms with E-state index in [1.54, 1.807) is 23.5 Å². The Bertz CT molecular complexity index is 1300. The smallest absolute Gasteiger partial charge is 0.406 e. The summed E-state index contributed by atoms with van der Waals surface area (Å²) in [5.74, 6) is 1.48. The molecule has 1 saturated heterocycles. The lowest BCUT2D eigenvalue weighted by atomic mass is 10.0. The van der Waals surface area contributed by atoms with Crippen molar-refractivity contribution in [2.75, 3.05) is 29.9 Å². The van der Waals surface area contributed by atoms with Crippen LogP contribution in [0, 0.1) is 6.92 Å². The molecule has 4 aromatic rings. The van der Waals surface area contributed by atoms with Crippen LogP contribution in [0.25, 0.3) is 21.3 Å². The summed E-state index contributed by atoms with van der Waals surface area (Å²) in [6.45, 7) is 4.91. The topological polar surface area (TPSA) is 50.3 Å². The molecule has 35 heavy (non-hydrogen) atoms. The predicted molar refractivity (Wildman–Crippen MR) is 134 cm³/mol. The third-order valence-electron chi connectivity index (χ3n) is 5.95. The minimum atomic E-state index is -4.68. The zero-order valence-corrected chi connectivity index (χ0v) is 20.0. The molecule has 1 aliphatic rings. The summed E-state index contributed by atoms with van der Waals surface area (Å²) in [6.07, 6.45) is -1.65. The van der Waals surface area contributed by atoms with Gasteiger partial charge in [-0.2, -0.15) is 4.98 Å². The van der Waals surface area contributed by atoms with Crippen LogP contribution in [0.3, 0.4) is 0 Å². The standard InChI is InChI=1S/C26H25F3N4OS/c1-17-16-22-23(31-25(32-24(22)35-17)33-14-3-15-33)30-13-2-4-18-5-7-19(8-6-18)20-9-11-21(12-10-20)34-26(27,28)29/h5-12,16H,2-4,13-15H2,1H3,(H,30,31,32). The third kappa shape index (κ3) is 5.67. The zero-order chi connectivity index (χ0) is 24.4. The highest BCUT2D eigenvalue weighted by Crippen LogP contribution is 2.32. The van der Waals surface area contributed by atoms with Crippen LogP contribution in [-0.2, 0) is 6.42 Å². The molecule has 5 rings (SSSR count). The molecule has 0 atom stereocenters. The van der Waals surface area contributed by atoms with Crippen molar-refractivity contribution < 1.29 is 17.9 Å². The van der Waals surface area contributed by atoms with E-state index < -0.39 is 6.36 Å². The number of anilines is 2. The lowest BCUT2D eigenvalue weighted by molar-refractivity contribution is -0.274. The van der Waals surface area contributed by atoms with Gasteiger partial charge in [0.1, 0.15) is 16.4 Å². The highest BCUT2D eigenvalue weighted by molar-refractivity contribution is 7.18. The van der Waals surface area contributed by atoms with Crippen LogP contribution in [0.2, 0.25) is 0 Å². The number of nitrogens with zero attached hydrogens (tertiary/aromatic N) is 3. The van der Waals surface area contributed by atoms with E-state index in [0.717, 1.165) is 65.6 Å². The molecule has 0 radical (unpaired) electrons. The lowest BCUT2D eigenvalue weighted by Crippen LogP contribution is -2.38. The number of rotatable bonds is 8. The van der Waals surface area contributed by atoms with Gasteiger partial charge in [-0.05, 0) is 61.1 Å². The van der Waals surface area contributed by atoms with E-state index >= 15 is 0 Å². The number of thiophene rings is 1. The molecule has 0 unspecified atom stereocenters. The number of hydrogen-bond donors (Lipinski definition) is 1. The third-order valence-corrected chi connectivity index (χ3v) is 6.90. The first-order valence-corrected chi connectivity index (χ1v) is 12.4. The first kappa shape index (κ1) is 23.4. The summed E-state index contributed by atoms with van der Waals surface area (Å²) in [6, 6.07) is 16.2. The second-order valence-electron chi connectivity index (χ2n) is 8.59. The van der Waals surface area contributed by atoms with Gasteiger partial charge >= 0.3 is 6.36 Å². The fraction of sp³-hybridized carbons (Fsp3) is 0.308. The Morgan fingerprint density at radius 1 is 1.00 bits per heavy atom. The first-order chi connectivity index (χ1) is 16.8. The Morgan fingerprint density at radius 3 is 2.31 bits per heavy atom. The lowest BCUT2D eigenvalue weighted by Gasteiger charge is -2.31. The average molecular weight is 499 g/mol. The molecule has 182 valence electrons. The second kappa shape index (κ2) is 9.73. The van der Waals surface area contributed by atoms with Crippen molar-refractivity contribution in [3.05, 3.63) is 65.0 Å². The number of nitrogens with one attached hydrogen (secondary N) is 1. The van der Waals surface area contributed by atoms with E-state index in [9.17, 15) is 13.2 Å². The largest absolute Gasteiger partial charge is 0.573 e. The quantitative estimate of drug-likeness (QED) is 0.270. The van der Waals surface area contributed by atoms with Gasteiger partial charge in [0.2, 0.25) is 5.95 Å². The van der Waals surface area contributed by atoms with Crippen LogP contribution >= 0.6 is 11.3 Å². The summed E-state index contributed by atoms with van der Waals surface area (Å²) in [7, 11) is 0. The first-order valence-electron chi connectivity index (χ1n) is 11.6. The molecule has 0 saturated carbocycles. The molecular formula is C26H25F3N4OS. The van der Waals surface area contributed by atoms with Gasteiger partial charge in [-0.15, -0.1) is 24.5 Å². The minimum Gasteiger partial charge on any atom is -0.406 e. The molecular weight excluding hydrogens is 473 g/mol. The Morgan fingerprint density at radius 2 is 1.69 bits per heavy atom. The average Bonchev–Trinajstić information content (AvgIpc) is 3.16. The molecule has 2 aromatic carbocycles. The molecule has 9 heteroatoms. The van der Waals surface area contributed by atoms with Gasteiger partial charge in [0.05, 0.1) is 5.39 Å². The molecule has 1 fully saturated rings. The monoisotopic (exact) mass is 498 g/mol. The van der Waals surface area contributed by atoms with Crippen molar-refractivity contribution in [3.8, 4) is 16.9 Å². The van der Waals surface area contributed by atoms with Crippen molar-refractivity contribution >= 4 is 33.3 Å². The van der Waals surface area contributed by atoms with Crippen molar-refractivity contribution in [3.63, 3.8) is 0 Å². The van der Waals surface area contributed by atoms with Gasteiger partial charge in [-0.25, -0.2) is 4.98 Å². The Labute approximate surface area is 205 Å². The van der Waals surface area contributed by atoms with E-state index in [0.29, 0.717) is 0 Å². The number of ether oxygens (including phenoxy) is 1. The highest BCUT2D eigenvalue weighted by Gasteiger charge is 2.31. The summed E-state index contributed by atoms with van der Waals surface area (Å²) >= 11 is 1.70. The van der Waals surface area contributed by atoms with Gasteiger partial charge in [-0.1, -0.05) is 36.4 Å². The number of halogens is 3. The molecule has 0 amide bonds. The fourth-order valence-electron chi connectivity index (χ4n) is 4.04. The maximum absolute atomic E-state index is 12.3. The maximum Gasteiger partial charge on any atom is 0.573 e. The van der Waals surface area contributed by atoms with Gasteiger partial charge in [0.25, 0.3) is 0 Å². The Kier molecular flexibility index (Phi) is 6.51. The van der Waals surface area contributed by atoms with Crippen molar-refractivity contribution in [2.24, 2.45) is 0 Å². The summed E-state index contributed by atoms with van der Waals surface area (Å²) in [5, 5.41) is 4.59. The van der Waals surface area contributed by atoms with Crippen molar-refractivity contribution in [1.29, 1.82) is 0 Å². The molecule has 1 aliphatic heterocycles. The van der Waals surface area contributed by atoms with Crippen molar-refractivity contribution in [1.82, 2.24) is 9.97 Å².